The fraction of sp³-hybridized carbons (Fsp3) is 0.444. The number of H-pyrrole nitrogens is 1. The molecular formula is C18H22N4O10S. The lowest BCUT2D eigenvalue weighted by atomic mass is 10.1. The number of ether oxygens (including phenoxy) is 2. The lowest BCUT2D eigenvalue weighted by Crippen LogP contribution is -2.42. The number of hydrogen-bond acceptors (Lipinski definition) is 10. The number of aliphatic hydroxyl groups excluding tert-OH is 2. The summed E-state index contributed by atoms with van der Waals surface area (Å²) in [5, 5.41) is 31.2. The Labute approximate surface area is 186 Å². The van der Waals surface area contributed by atoms with Gasteiger partial charge in [-0.05, 0) is 6.07 Å². The molecule has 3 N–H and O–H groups in total. The van der Waals surface area contributed by atoms with Crippen LogP contribution in [0.1, 0.15) is 13.2 Å². The summed E-state index contributed by atoms with van der Waals surface area (Å²) in [6.07, 6.45) is -4.11. The summed E-state index contributed by atoms with van der Waals surface area (Å²) < 4.78 is 38.9. The number of nitrogens with zero attached hydrogens (tertiary/aromatic N) is 3. The van der Waals surface area contributed by atoms with Crippen LogP contribution < -0.4 is 11.2 Å². The van der Waals surface area contributed by atoms with E-state index in [-0.39, 0.29) is 6.54 Å². The van der Waals surface area contributed by atoms with Crippen molar-refractivity contribution < 1.29 is 33.0 Å². The van der Waals surface area contributed by atoms with E-state index < -0.39 is 74.7 Å². The largest absolute Gasteiger partial charge is 0.394 e. The molecule has 1 aromatic heterocycles. The van der Waals surface area contributed by atoms with Crippen molar-refractivity contribution in [3.05, 3.63) is 67.5 Å². The molecule has 14 nitrogen and oxygen atoms in total. The summed E-state index contributed by atoms with van der Waals surface area (Å²) in [4.78, 5) is 35.5. The van der Waals surface area contributed by atoms with Gasteiger partial charge in [-0.25, -0.2) is 13.2 Å². The number of nitro groups is 1. The molecule has 2 heterocycles. The summed E-state index contributed by atoms with van der Waals surface area (Å²) >= 11 is 0. The second-order valence-corrected chi connectivity index (χ2v) is 8.92. The molecule has 0 amide bonds. The molecule has 1 aliphatic rings. The number of aromatic amines is 1. The first-order valence-electron chi connectivity index (χ1n) is 9.72. The summed E-state index contributed by atoms with van der Waals surface area (Å²) in [7, 11) is -4.37. The fourth-order valence-corrected chi connectivity index (χ4v) is 4.84. The maximum Gasteiger partial charge on any atom is 0.330 e. The number of hydrogen-bond donors (Lipinski definition) is 3. The number of para-hydroxylation sites is 1. The number of aromatic nitrogens is 2. The van der Waals surface area contributed by atoms with Crippen LogP contribution in [0.2, 0.25) is 0 Å². The van der Waals surface area contributed by atoms with Crippen molar-refractivity contribution in [1.29, 1.82) is 0 Å². The standard InChI is InChI=1S/C18H22N4O10S/c1-2-20(33(29,30)13-6-4-3-5-11(13)22(27)28)10-31-16-15(25)12(9-23)32-17(16)21-8-7-14(24)19-18(21)26/h3-8,12,15-17,23,25H,2,9-10H2,1H3,(H,19,24,26)/t12-,15?,16?,17-/m1/s1. The van der Waals surface area contributed by atoms with Gasteiger partial charge in [0.25, 0.3) is 21.3 Å². The van der Waals surface area contributed by atoms with Crippen LogP contribution in [0, 0.1) is 10.1 Å². The molecule has 0 bridgehead atoms. The first-order valence-corrected chi connectivity index (χ1v) is 11.2. The third kappa shape index (κ3) is 4.87. The number of rotatable bonds is 9. The average Bonchev–Trinajstić information content (AvgIpc) is 3.09. The van der Waals surface area contributed by atoms with E-state index in [0.29, 0.717) is 0 Å². The predicted molar refractivity (Wildman–Crippen MR) is 111 cm³/mol. The smallest absolute Gasteiger partial charge is 0.330 e. The van der Waals surface area contributed by atoms with Crippen molar-refractivity contribution in [2.45, 2.75) is 36.4 Å². The van der Waals surface area contributed by atoms with Gasteiger partial charge < -0.3 is 19.7 Å². The van der Waals surface area contributed by atoms with Crippen LogP contribution in [0.5, 0.6) is 0 Å². The molecule has 4 atom stereocenters. The monoisotopic (exact) mass is 486 g/mol. The molecular weight excluding hydrogens is 464 g/mol. The zero-order valence-electron chi connectivity index (χ0n) is 17.3. The Hall–Kier alpha value is -2.95. The van der Waals surface area contributed by atoms with Crippen LogP contribution in [0.25, 0.3) is 0 Å². The summed E-state index contributed by atoms with van der Waals surface area (Å²) in [5.41, 5.74) is -2.15. The van der Waals surface area contributed by atoms with Crippen LogP contribution in [-0.2, 0) is 19.5 Å². The van der Waals surface area contributed by atoms with E-state index in [0.717, 1.165) is 33.3 Å². The summed E-state index contributed by atoms with van der Waals surface area (Å²) in [6, 6.07) is 5.86. The van der Waals surface area contributed by atoms with E-state index in [9.17, 15) is 38.3 Å². The lowest BCUT2D eigenvalue weighted by Gasteiger charge is -2.26. The van der Waals surface area contributed by atoms with Crippen LogP contribution >= 0.6 is 0 Å². The molecule has 33 heavy (non-hydrogen) atoms. The molecule has 15 heteroatoms. The van der Waals surface area contributed by atoms with Gasteiger partial charge >= 0.3 is 5.69 Å². The van der Waals surface area contributed by atoms with Crippen molar-refractivity contribution in [3.63, 3.8) is 0 Å². The molecule has 2 aromatic rings. The van der Waals surface area contributed by atoms with Crippen molar-refractivity contribution in [2.24, 2.45) is 0 Å². The minimum atomic E-state index is -4.37. The highest BCUT2D eigenvalue weighted by molar-refractivity contribution is 7.89. The number of sulfonamides is 1. The summed E-state index contributed by atoms with van der Waals surface area (Å²) in [6.45, 7) is 0.0762. The van der Waals surface area contributed by atoms with Crippen molar-refractivity contribution in [3.8, 4) is 0 Å². The molecule has 3 rings (SSSR count). The molecule has 180 valence electrons. The molecule has 1 saturated heterocycles. The van der Waals surface area contributed by atoms with Crippen LogP contribution in [-0.4, -0.2) is 75.6 Å². The van der Waals surface area contributed by atoms with E-state index in [1.807, 2.05) is 4.98 Å². The highest BCUT2D eigenvalue weighted by Crippen LogP contribution is 2.32. The summed E-state index contributed by atoms with van der Waals surface area (Å²) in [5.74, 6) is 0. The first-order chi connectivity index (χ1) is 15.6. The molecule has 1 aromatic carbocycles. The van der Waals surface area contributed by atoms with E-state index in [1.165, 1.54) is 19.1 Å². The van der Waals surface area contributed by atoms with Gasteiger partial charge in [0.1, 0.15) is 25.0 Å². The number of nitro benzene ring substituents is 1. The Morgan fingerprint density at radius 3 is 2.61 bits per heavy atom. The Kier molecular flexibility index (Phi) is 7.41. The highest BCUT2D eigenvalue weighted by atomic mass is 32.2. The highest BCUT2D eigenvalue weighted by Gasteiger charge is 2.46. The third-order valence-electron chi connectivity index (χ3n) is 5.06. The van der Waals surface area contributed by atoms with Crippen LogP contribution in [0.3, 0.4) is 0 Å². The van der Waals surface area contributed by atoms with E-state index in [4.69, 9.17) is 9.47 Å². The Bertz CT molecular complexity index is 1230. The van der Waals surface area contributed by atoms with E-state index in [1.54, 1.807) is 0 Å². The van der Waals surface area contributed by atoms with Gasteiger partial charge in [-0.15, -0.1) is 0 Å². The van der Waals surface area contributed by atoms with Crippen molar-refractivity contribution in [1.82, 2.24) is 13.9 Å². The molecule has 0 aliphatic carbocycles. The maximum absolute atomic E-state index is 13.1. The van der Waals surface area contributed by atoms with Crippen LogP contribution in [0.4, 0.5) is 5.69 Å². The Balaban J connectivity index is 1.89. The normalized spacial score (nSPS) is 23.2. The molecule has 0 saturated carbocycles. The maximum atomic E-state index is 13.1. The van der Waals surface area contributed by atoms with Gasteiger partial charge in [-0.3, -0.25) is 24.5 Å². The van der Waals surface area contributed by atoms with Crippen molar-refractivity contribution >= 4 is 15.7 Å². The minimum absolute atomic E-state index is 0.134. The molecule has 0 radical (unpaired) electrons. The van der Waals surface area contributed by atoms with Gasteiger partial charge in [0.2, 0.25) is 0 Å². The van der Waals surface area contributed by atoms with Crippen molar-refractivity contribution in [2.75, 3.05) is 19.9 Å². The Morgan fingerprint density at radius 1 is 1.30 bits per heavy atom. The third-order valence-corrected chi connectivity index (χ3v) is 7.01. The fourth-order valence-electron chi connectivity index (χ4n) is 3.37. The lowest BCUT2D eigenvalue weighted by molar-refractivity contribution is -0.387. The molecule has 2 unspecified atom stereocenters. The quantitative estimate of drug-likeness (QED) is 0.219. The molecule has 1 aliphatic heterocycles. The second kappa shape index (κ2) is 9.90. The minimum Gasteiger partial charge on any atom is -0.394 e. The number of benzene rings is 1. The number of aliphatic hydroxyl groups is 2. The number of nitrogens with one attached hydrogen (secondary N) is 1. The molecule has 0 spiro atoms. The topological polar surface area (TPSA) is 194 Å². The predicted octanol–water partition coefficient (Wildman–Crippen LogP) is -1.25. The van der Waals surface area contributed by atoms with Gasteiger partial charge in [-0.1, -0.05) is 19.1 Å². The van der Waals surface area contributed by atoms with E-state index >= 15 is 0 Å². The second-order valence-electron chi connectivity index (χ2n) is 7.01. The SMILES string of the molecule is CCN(COC1C(O)[C@@H](CO)O[C@H]1n1ccc(=O)[nH]c1=O)S(=O)(=O)c1ccccc1[N+](=O)[O-]. The van der Waals surface area contributed by atoms with Gasteiger partial charge in [-0.2, -0.15) is 4.31 Å². The average molecular weight is 486 g/mol. The zero-order chi connectivity index (χ0) is 24.3. The van der Waals surface area contributed by atoms with Gasteiger partial charge in [0.05, 0.1) is 11.5 Å². The first kappa shape index (κ1) is 24.7. The van der Waals surface area contributed by atoms with Gasteiger partial charge in [0, 0.05) is 24.9 Å². The Morgan fingerprint density at radius 2 is 2.00 bits per heavy atom. The zero-order valence-corrected chi connectivity index (χ0v) is 18.1. The van der Waals surface area contributed by atoms with Gasteiger partial charge in [0.15, 0.2) is 11.1 Å². The van der Waals surface area contributed by atoms with Crippen LogP contribution in [0.15, 0.2) is 51.0 Å². The molecule has 1 fully saturated rings. The van der Waals surface area contributed by atoms with E-state index in [2.05, 4.69) is 0 Å².